The van der Waals surface area contributed by atoms with E-state index in [1.807, 2.05) is 32.0 Å². The summed E-state index contributed by atoms with van der Waals surface area (Å²) < 4.78 is 38.5. The Bertz CT molecular complexity index is 1640. The normalized spacial score (nSPS) is 24.0. The van der Waals surface area contributed by atoms with Crippen molar-refractivity contribution in [1.82, 2.24) is 20.3 Å². The number of ether oxygens (including phenoxy) is 2. The lowest BCUT2D eigenvalue weighted by atomic mass is 9.85. The molecule has 2 saturated carbocycles. The van der Waals surface area contributed by atoms with Crippen molar-refractivity contribution < 1.29 is 41.9 Å². The molecule has 1 saturated heterocycles. The molecule has 50 heavy (non-hydrogen) atoms. The third-order valence-electron chi connectivity index (χ3n) is 9.11. The Balaban J connectivity index is 1.60. The molecule has 4 N–H and O–H groups in total. The van der Waals surface area contributed by atoms with Gasteiger partial charge in [0, 0.05) is 12.3 Å². The molecule has 4 rings (SSSR count). The van der Waals surface area contributed by atoms with Gasteiger partial charge in [-0.25, -0.2) is 18.0 Å². The van der Waals surface area contributed by atoms with Crippen LogP contribution in [-0.2, 0) is 40.3 Å². The number of hydrogen-bond acceptors (Lipinski definition) is 9. The Morgan fingerprint density at radius 2 is 1.74 bits per heavy atom. The first-order chi connectivity index (χ1) is 23.1. The van der Waals surface area contributed by atoms with Gasteiger partial charge >= 0.3 is 12.2 Å². The molecule has 276 valence electrons. The fourth-order valence-corrected chi connectivity index (χ4v) is 7.48. The van der Waals surface area contributed by atoms with Crippen LogP contribution in [0.3, 0.4) is 0 Å². The number of sulfonamides is 1. The van der Waals surface area contributed by atoms with E-state index in [1.54, 1.807) is 41.5 Å². The van der Waals surface area contributed by atoms with Crippen LogP contribution in [0.4, 0.5) is 15.3 Å². The number of benzene rings is 1. The minimum absolute atomic E-state index is 0.109. The molecule has 5 amide bonds. The van der Waals surface area contributed by atoms with Gasteiger partial charge in [0.15, 0.2) is 0 Å². The van der Waals surface area contributed by atoms with Crippen LogP contribution in [0.1, 0.15) is 85.3 Å². The number of nitrogens with one attached hydrogen (secondary N) is 4. The van der Waals surface area contributed by atoms with Crippen LogP contribution in [0.25, 0.3) is 0 Å². The molecule has 3 aliphatic rings. The zero-order valence-electron chi connectivity index (χ0n) is 30.2. The highest BCUT2D eigenvalue weighted by molar-refractivity contribution is 7.91. The summed E-state index contributed by atoms with van der Waals surface area (Å²) in [7, 11) is -3.91. The molecule has 15 heteroatoms. The standard InChI is InChI=1S/C35H51N5O9S/c1-10-21-14-12-13-20(3)26(21)36-31(44)48-23-17-25(40(19-23)29(42)27(33(4,5)6)37-32(45)49-34(7,8)9)28(41)38-35(18-22(35)11-2)30(43)39-50(46,47)24-15-16-24/h11-14,22-25,27H,2,10,15-19H2,1,3-9H3,(H,36,44)(H,37,45)(H,38,41)(H,39,43). The quantitative estimate of drug-likeness (QED) is 0.248. The van der Waals surface area contributed by atoms with E-state index < -0.39 is 85.8 Å². The molecule has 0 aromatic heterocycles. The number of para-hydroxylation sites is 1. The second-order valence-corrected chi connectivity index (χ2v) is 17.4. The Kier molecular flexibility index (Phi) is 11.0. The second kappa shape index (κ2) is 14.2. The van der Waals surface area contributed by atoms with E-state index in [9.17, 15) is 32.4 Å². The fourth-order valence-electron chi connectivity index (χ4n) is 6.12. The number of rotatable bonds is 11. The van der Waals surface area contributed by atoms with Crippen molar-refractivity contribution in [3.8, 4) is 0 Å². The molecular weight excluding hydrogens is 666 g/mol. The maximum Gasteiger partial charge on any atom is 0.411 e. The third-order valence-corrected chi connectivity index (χ3v) is 10.9. The van der Waals surface area contributed by atoms with Crippen molar-refractivity contribution in [2.45, 2.75) is 122 Å². The average molecular weight is 718 g/mol. The zero-order valence-corrected chi connectivity index (χ0v) is 31.0. The summed E-state index contributed by atoms with van der Waals surface area (Å²) >= 11 is 0. The summed E-state index contributed by atoms with van der Waals surface area (Å²) in [5.41, 5.74) is -0.956. The Morgan fingerprint density at radius 3 is 2.28 bits per heavy atom. The van der Waals surface area contributed by atoms with E-state index in [0.717, 1.165) is 11.1 Å². The van der Waals surface area contributed by atoms with Crippen LogP contribution in [0.15, 0.2) is 30.9 Å². The van der Waals surface area contributed by atoms with Gasteiger partial charge in [-0.1, -0.05) is 52.0 Å². The van der Waals surface area contributed by atoms with Gasteiger partial charge in [-0.05, 0) is 69.9 Å². The largest absolute Gasteiger partial charge is 0.444 e. The fraction of sp³-hybridized carbons (Fsp3) is 0.629. The number of alkyl carbamates (subject to hydrolysis) is 1. The predicted molar refractivity (Wildman–Crippen MR) is 186 cm³/mol. The van der Waals surface area contributed by atoms with E-state index >= 15 is 0 Å². The van der Waals surface area contributed by atoms with E-state index in [2.05, 4.69) is 27.3 Å². The molecule has 0 radical (unpaired) electrons. The van der Waals surface area contributed by atoms with Crippen LogP contribution in [0.5, 0.6) is 0 Å². The first-order valence-electron chi connectivity index (χ1n) is 17.0. The number of anilines is 1. The van der Waals surface area contributed by atoms with Crippen LogP contribution in [-0.4, -0.2) is 84.3 Å². The van der Waals surface area contributed by atoms with Gasteiger partial charge in [0.1, 0.15) is 29.3 Å². The van der Waals surface area contributed by atoms with Gasteiger partial charge in [-0.15, -0.1) is 6.58 Å². The number of carbonyl (C=O) groups excluding carboxylic acids is 5. The van der Waals surface area contributed by atoms with Crippen molar-refractivity contribution >= 4 is 45.6 Å². The molecule has 0 bridgehead atoms. The van der Waals surface area contributed by atoms with Crippen LogP contribution in [0.2, 0.25) is 0 Å². The average Bonchev–Trinajstić information content (AvgIpc) is 3.92. The van der Waals surface area contributed by atoms with Crippen molar-refractivity contribution in [1.29, 1.82) is 0 Å². The van der Waals surface area contributed by atoms with Gasteiger partial charge in [0.2, 0.25) is 21.8 Å². The number of likely N-dealkylation sites (tertiary alicyclic amines) is 1. The maximum absolute atomic E-state index is 14.3. The minimum Gasteiger partial charge on any atom is -0.444 e. The highest BCUT2D eigenvalue weighted by Crippen LogP contribution is 2.45. The number of aryl methyl sites for hydroxylation is 2. The van der Waals surface area contributed by atoms with Crippen LogP contribution < -0.4 is 20.7 Å². The zero-order chi connectivity index (χ0) is 37.4. The van der Waals surface area contributed by atoms with Gasteiger partial charge in [-0.2, -0.15) is 0 Å². The van der Waals surface area contributed by atoms with Crippen LogP contribution >= 0.6 is 0 Å². The summed E-state index contributed by atoms with van der Waals surface area (Å²) in [6, 6.07) is 3.22. The SMILES string of the molecule is C=CC1CC1(NC(=O)C1CC(OC(=O)Nc2c(C)cccc2CC)CN1C(=O)C(NC(=O)OC(C)(C)C)C(C)(C)C)C(=O)NS(=O)(=O)C1CC1. The predicted octanol–water partition coefficient (Wildman–Crippen LogP) is 3.68. The Morgan fingerprint density at radius 1 is 1.08 bits per heavy atom. The molecule has 1 aromatic carbocycles. The summed E-state index contributed by atoms with van der Waals surface area (Å²) in [4.78, 5) is 69.0. The topological polar surface area (TPSA) is 189 Å². The van der Waals surface area contributed by atoms with Gasteiger partial charge < -0.3 is 25.0 Å². The molecule has 0 spiro atoms. The van der Waals surface area contributed by atoms with E-state index in [4.69, 9.17) is 9.47 Å². The van der Waals surface area contributed by atoms with Crippen molar-refractivity contribution in [3.05, 3.63) is 42.0 Å². The first kappa shape index (κ1) is 38.7. The summed E-state index contributed by atoms with van der Waals surface area (Å²) in [5, 5.41) is 7.49. The molecule has 3 fully saturated rings. The second-order valence-electron chi connectivity index (χ2n) is 15.5. The summed E-state index contributed by atoms with van der Waals surface area (Å²) in [5.74, 6) is -2.81. The minimum atomic E-state index is -3.91. The van der Waals surface area contributed by atoms with Gasteiger partial charge in [-0.3, -0.25) is 24.4 Å². The lowest BCUT2D eigenvalue weighted by Crippen LogP contribution is -2.60. The smallest absolute Gasteiger partial charge is 0.411 e. The van der Waals surface area contributed by atoms with E-state index in [-0.39, 0.29) is 19.4 Å². The maximum atomic E-state index is 14.3. The third kappa shape index (κ3) is 8.95. The molecule has 5 atom stereocenters. The number of carbonyl (C=O) groups is 5. The lowest BCUT2D eigenvalue weighted by molar-refractivity contribution is -0.143. The molecular formula is C35H51N5O9S. The lowest BCUT2D eigenvalue weighted by Gasteiger charge is -2.36. The molecule has 1 aromatic rings. The van der Waals surface area contributed by atoms with Crippen molar-refractivity contribution in [3.63, 3.8) is 0 Å². The molecule has 5 unspecified atom stereocenters. The van der Waals surface area contributed by atoms with Crippen molar-refractivity contribution in [2.24, 2.45) is 11.3 Å². The van der Waals surface area contributed by atoms with Crippen LogP contribution in [0, 0.1) is 18.3 Å². The molecule has 1 aliphatic heterocycles. The highest BCUT2D eigenvalue weighted by Gasteiger charge is 2.62. The first-order valence-corrected chi connectivity index (χ1v) is 18.5. The molecule has 14 nitrogen and oxygen atoms in total. The van der Waals surface area contributed by atoms with Crippen molar-refractivity contribution in [2.75, 3.05) is 11.9 Å². The van der Waals surface area contributed by atoms with Gasteiger partial charge in [0.25, 0.3) is 5.91 Å². The number of nitrogens with zero attached hydrogens (tertiary/aromatic N) is 1. The Hall–Kier alpha value is -4.14. The summed E-state index contributed by atoms with van der Waals surface area (Å²) in [6.45, 7) is 17.6. The number of amides is 5. The van der Waals surface area contributed by atoms with E-state index in [0.29, 0.717) is 24.9 Å². The molecule has 2 aliphatic carbocycles. The molecule has 1 heterocycles. The highest BCUT2D eigenvalue weighted by atomic mass is 32.2. The van der Waals surface area contributed by atoms with E-state index in [1.165, 1.54) is 11.0 Å². The van der Waals surface area contributed by atoms with Gasteiger partial charge in [0.05, 0.1) is 17.5 Å². The summed E-state index contributed by atoms with van der Waals surface area (Å²) in [6.07, 6.45) is 0.441. The monoisotopic (exact) mass is 717 g/mol. The number of hydrogen-bond donors (Lipinski definition) is 4. The Labute approximate surface area is 294 Å².